The minimum absolute atomic E-state index is 0.153. The standard InChI is InChI=1S/C18H20FNO4/c1-22-15-8-3-4-9-16(15)24-12-18(21)20-11-17(23-2)13-6-5-7-14(19)10-13/h3-10,17H,11-12H2,1-2H3,(H,20,21). The molecule has 1 N–H and O–H groups in total. The molecule has 0 aliphatic rings. The molecule has 1 amide bonds. The van der Waals surface area contributed by atoms with E-state index in [-0.39, 0.29) is 24.9 Å². The molecular formula is C18H20FNO4. The van der Waals surface area contributed by atoms with Crippen LogP contribution in [0.1, 0.15) is 11.7 Å². The van der Waals surface area contributed by atoms with E-state index in [1.165, 1.54) is 26.4 Å². The van der Waals surface area contributed by atoms with Gasteiger partial charge in [-0.15, -0.1) is 0 Å². The molecule has 0 spiro atoms. The summed E-state index contributed by atoms with van der Waals surface area (Å²) < 4.78 is 29.2. The highest BCUT2D eigenvalue weighted by atomic mass is 19.1. The Kier molecular flexibility index (Phi) is 6.57. The van der Waals surface area contributed by atoms with Gasteiger partial charge in [0, 0.05) is 13.7 Å². The number of ether oxygens (including phenoxy) is 3. The van der Waals surface area contributed by atoms with Crippen molar-refractivity contribution in [1.82, 2.24) is 5.32 Å². The molecule has 0 bridgehead atoms. The van der Waals surface area contributed by atoms with Crippen LogP contribution >= 0.6 is 0 Å². The summed E-state index contributed by atoms with van der Waals surface area (Å²) in [4.78, 5) is 11.9. The Morgan fingerprint density at radius 3 is 2.54 bits per heavy atom. The molecule has 24 heavy (non-hydrogen) atoms. The van der Waals surface area contributed by atoms with Gasteiger partial charge in [0.1, 0.15) is 5.82 Å². The molecule has 128 valence electrons. The summed E-state index contributed by atoms with van der Waals surface area (Å²) in [5.41, 5.74) is 0.656. The Bertz CT molecular complexity index is 678. The topological polar surface area (TPSA) is 56.8 Å². The van der Waals surface area contributed by atoms with Gasteiger partial charge in [0.2, 0.25) is 0 Å². The van der Waals surface area contributed by atoms with Crippen molar-refractivity contribution in [2.45, 2.75) is 6.10 Å². The maximum Gasteiger partial charge on any atom is 0.258 e. The molecule has 6 heteroatoms. The number of carbonyl (C=O) groups is 1. The number of para-hydroxylation sites is 2. The number of benzene rings is 2. The monoisotopic (exact) mass is 333 g/mol. The third kappa shape index (κ3) is 4.96. The van der Waals surface area contributed by atoms with Gasteiger partial charge in [-0.1, -0.05) is 24.3 Å². The van der Waals surface area contributed by atoms with Crippen LogP contribution in [0, 0.1) is 5.82 Å². The van der Waals surface area contributed by atoms with Crippen molar-refractivity contribution in [1.29, 1.82) is 0 Å². The van der Waals surface area contributed by atoms with E-state index in [1.807, 2.05) is 6.07 Å². The fraction of sp³-hybridized carbons (Fsp3) is 0.278. The Labute approximate surface area is 140 Å². The van der Waals surface area contributed by atoms with Crippen LogP contribution in [-0.2, 0) is 9.53 Å². The van der Waals surface area contributed by atoms with E-state index in [0.29, 0.717) is 17.1 Å². The lowest BCUT2D eigenvalue weighted by Crippen LogP contribution is -2.33. The van der Waals surface area contributed by atoms with Crippen LogP contribution < -0.4 is 14.8 Å². The average Bonchev–Trinajstić information content (AvgIpc) is 2.60. The van der Waals surface area contributed by atoms with Crippen LogP contribution in [0.25, 0.3) is 0 Å². The van der Waals surface area contributed by atoms with Crippen molar-refractivity contribution in [3.05, 3.63) is 59.9 Å². The van der Waals surface area contributed by atoms with Crippen LogP contribution in [0.4, 0.5) is 4.39 Å². The maximum atomic E-state index is 13.3. The van der Waals surface area contributed by atoms with Crippen molar-refractivity contribution in [2.24, 2.45) is 0 Å². The van der Waals surface area contributed by atoms with E-state index in [4.69, 9.17) is 14.2 Å². The predicted molar refractivity (Wildman–Crippen MR) is 87.6 cm³/mol. The molecule has 0 aromatic heterocycles. The summed E-state index contributed by atoms with van der Waals surface area (Å²) in [6, 6.07) is 13.2. The molecule has 2 rings (SSSR count). The molecule has 1 unspecified atom stereocenters. The third-order valence-corrected chi connectivity index (χ3v) is 3.42. The molecular weight excluding hydrogens is 313 g/mol. The summed E-state index contributed by atoms with van der Waals surface area (Å²) in [6.45, 7) is 0.0635. The highest BCUT2D eigenvalue weighted by molar-refractivity contribution is 5.77. The van der Waals surface area contributed by atoms with Crippen molar-refractivity contribution in [2.75, 3.05) is 27.4 Å². The Hall–Kier alpha value is -2.60. The molecule has 0 radical (unpaired) electrons. The SMILES string of the molecule is COc1ccccc1OCC(=O)NCC(OC)c1cccc(F)c1. The largest absolute Gasteiger partial charge is 0.493 e. The molecule has 5 nitrogen and oxygen atoms in total. The number of amides is 1. The highest BCUT2D eigenvalue weighted by Gasteiger charge is 2.13. The van der Waals surface area contributed by atoms with E-state index in [0.717, 1.165) is 0 Å². The van der Waals surface area contributed by atoms with Crippen molar-refractivity contribution in [3.8, 4) is 11.5 Å². The Balaban J connectivity index is 1.85. The smallest absolute Gasteiger partial charge is 0.258 e. The van der Waals surface area contributed by atoms with Crippen molar-refractivity contribution >= 4 is 5.91 Å². The number of carbonyl (C=O) groups excluding carboxylic acids is 1. The lowest BCUT2D eigenvalue weighted by atomic mass is 10.1. The van der Waals surface area contributed by atoms with Gasteiger partial charge in [0.15, 0.2) is 18.1 Å². The summed E-state index contributed by atoms with van der Waals surface area (Å²) in [7, 11) is 3.04. The van der Waals surface area contributed by atoms with Crippen LogP contribution in [0.15, 0.2) is 48.5 Å². The molecule has 1 atom stereocenters. The van der Waals surface area contributed by atoms with Gasteiger partial charge in [-0.25, -0.2) is 4.39 Å². The number of nitrogens with one attached hydrogen (secondary N) is 1. The molecule has 0 aliphatic heterocycles. The van der Waals surface area contributed by atoms with E-state index in [1.54, 1.807) is 30.3 Å². The van der Waals surface area contributed by atoms with Crippen molar-refractivity contribution in [3.63, 3.8) is 0 Å². The zero-order valence-electron chi connectivity index (χ0n) is 13.6. The number of hydrogen-bond donors (Lipinski definition) is 1. The highest BCUT2D eigenvalue weighted by Crippen LogP contribution is 2.25. The van der Waals surface area contributed by atoms with Gasteiger partial charge in [-0.2, -0.15) is 0 Å². The van der Waals surface area contributed by atoms with Gasteiger partial charge < -0.3 is 19.5 Å². The summed E-state index contributed by atoms with van der Waals surface area (Å²) in [6.07, 6.45) is -0.434. The number of halogens is 1. The summed E-state index contributed by atoms with van der Waals surface area (Å²) >= 11 is 0. The molecule has 0 saturated carbocycles. The van der Waals surface area contributed by atoms with Crippen LogP contribution in [0.2, 0.25) is 0 Å². The van der Waals surface area contributed by atoms with Crippen LogP contribution in [-0.4, -0.2) is 33.3 Å². The quantitative estimate of drug-likeness (QED) is 0.807. The van der Waals surface area contributed by atoms with Crippen LogP contribution in [0.5, 0.6) is 11.5 Å². The lowest BCUT2D eigenvalue weighted by Gasteiger charge is -2.17. The second kappa shape index (κ2) is 8.88. The van der Waals surface area contributed by atoms with Gasteiger partial charge in [0.25, 0.3) is 5.91 Å². The Morgan fingerprint density at radius 1 is 1.12 bits per heavy atom. The molecule has 0 heterocycles. The molecule has 0 fully saturated rings. The summed E-state index contributed by atoms with van der Waals surface area (Å²) in [5, 5.41) is 2.71. The van der Waals surface area contributed by atoms with Gasteiger partial charge in [-0.3, -0.25) is 4.79 Å². The first kappa shape index (κ1) is 17.7. The van der Waals surface area contributed by atoms with Gasteiger partial charge in [0.05, 0.1) is 13.2 Å². The van der Waals surface area contributed by atoms with Crippen LogP contribution in [0.3, 0.4) is 0 Å². The second-order valence-corrected chi connectivity index (χ2v) is 5.02. The minimum Gasteiger partial charge on any atom is -0.493 e. The average molecular weight is 333 g/mol. The minimum atomic E-state index is -0.434. The van der Waals surface area contributed by atoms with E-state index in [2.05, 4.69) is 5.32 Å². The van der Waals surface area contributed by atoms with E-state index >= 15 is 0 Å². The second-order valence-electron chi connectivity index (χ2n) is 5.02. The molecule has 0 aliphatic carbocycles. The lowest BCUT2D eigenvalue weighted by molar-refractivity contribution is -0.123. The summed E-state index contributed by atoms with van der Waals surface area (Å²) in [5.74, 6) is 0.392. The van der Waals surface area contributed by atoms with E-state index < -0.39 is 6.10 Å². The normalized spacial score (nSPS) is 11.6. The number of methoxy groups -OCH3 is 2. The fourth-order valence-electron chi connectivity index (χ4n) is 2.18. The van der Waals surface area contributed by atoms with Crippen molar-refractivity contribution < 1.29 is 23.4 Å². The number of hydrogen-bond acceptors (Lipinski definition) is 4. The van der Waals surface area contributed by atoms with Gasteiger partial charge >= 0.3 is 0 Å². The first-order valence-electron chi connectivity index (χ1n) is 7.44. The fourth-order valence-corrected chi connectivity index (χ4v) is 2.18. The van der Waals surface area contributed by atoms with Gasteiger partial charge in [-0.05, 0) is 29.8 Å². The first-order valence-corrected chi connectivity index (χ1v) is 7.44. The maximum absolute atomic E-state index is 13.3. The molecule has 2 aromatic carbocycles. The first-order chi connectivity index (χ1) is 11.6. The number of rotatable bonds is 8. The zero-order chi connectivity index (χ0) is 17.4. The van der Waals surface area contributed by atoms with E-state index in [9.17, 15) is 9.18 Å². The third-order valence-electron chi connectivity index (χ3n) is 3.42. The predicted octanol–water partition coefficient (Wildman–Crippen LogP) is 2.72. The zero-order valence-corrected chi connectivity index (χ0v) is 13.6. The molecule has 2 aromatic rings. The molecule has 0 saturated heterocycles. The Morgan fingerprint density at radius 2 is 1.88 bits per heavy atom.